The SMILES string of the molecule is CCOC(=O)c1c(OC2CO[C@H]3[C@@H]2OC[C@@H]3O)c2ccccc2n(Cc2ccccc2)c1=O. The van der Waals surface area contributed by atoms with E-state index >= 15 is 0 Å². The molecule has 2 aromatic carbocycles. The van der Waals surface area contributed by atoms with Crippen molar-refractivity contribution in [2.45, 2.75) is 37.9 Å². The van der Waals surface area contributed by atoms with Crippen molar-refractivity contribution in [2.75, 3.05) is 19.8 Å². The Morgan fingerprint density at radius 1 is 1.06 bits per heavy atom. The van der Waals surface area contributed by atoms with Crippen molar-refractivity contribution in [1.82, 2.24) is 4.57 Å². The first-order valence-corrected chi connectivity index (χ1v) is 11.0. The highest BCUT2D eigenvalue weighted by atomic mass is 16.6. The Bertz CT molecular complexity index is 1220. The molecule has 3 heterocycles. The summed E-state index contributed by atoms with van der Waals surface area (Å²) < 4.78 is 24.4. The van der Waals surface area contributed by atoms with Crippen LogP contribution in [-0.2, 0) is 20.8 Å². The third-order valence-electron chi connectivity index (χ3n) is 6.04. The monoisotopic (exact) mass is 451 g/mol. The molecule has 2 saturated heterocycles. The predicted octanol–water partition coefficient (Wildman–Crippen LogP) is 2.13. The van der Waals surface area contributed by atoms with Crippen LogP contribution in [-0.4, -0.2) is 59.9 Å². The molecule has 8 nitrogen and oxygen atoms in total. The van der Waals surface area contributed by atoms with E-state index in [1.807, 2.05) is 54.6 Å². The van der Waals surface area contributed by atoms with Gasteiger partial charge in [-0.05, 0) is 24.6 Å². The number of aliphatic hydroxyl groups is 1. The van der Waals surface area contributed by atoms with Crippen molar-refractivity contribution in [3.63, 3.8) is 0 Å². The average molecular weight is 451 g/mol. The molecule has 2 fully saturated rings. The number of carbonyl (C=O) groups is 1. The van der Waals surface area contributed by atoms with Crippen molar-refractivity contribution in [3.05, 3.63) is 76.1 Å². The van der Waals surface area contributed by atoms with Gasteiger partial charge >= 0.3 is 5.97 Å². The van der Waals surface area contributed by atoms with Crippen LogP contribution in [0.5, 0.6) is 5.75 Å². The fourth-order valence-electron chi connectivity index (χ4n) is 4.50. The number of para-hydroxylation sites is 1. The zero-order valence-electron chi connectivity index (χ0n) is 18.2. The third-order valence-corrected chi connectivity index (χ3v) is 6.04. The number of hydrogen-bond donors (Lipinski definition) is 1. The van der Waals surface area contributed by atoms with Crippen molar-refractivity contribution in [3.8, 4) is 5.75 Å². The highest BCUT2D eigenvalue weighted by molar-refractivity contribution is 6.00. The molecular weight excluding hydrogens is 426 g/mol. The average Bonchev–Trinajstić information content (AvgIpc) is 3.40. The minimum absolute atomic E-state index is 0.121. The van der Waals surface area contributed by atoms with Crippen molar-refractivity contribution in [1.29, 1.82) is 0 Å². The number of ether oxygens (including phenoxy) is 4. The van der Waals surface area contributed by atoms with Crippen LogP contribution in [0, 0.1) is 0 Å². The minimum Gasteiger partial charge on any atom is -0.483 e. The number of fused-ring (bicyclic) bond motifs is 2. The van der Waals surface area contributed by atoms with Crippen LogP contribution in [0.3, 0.4) is 0 Å². The summed E-state index contributed by atoms with van der Waals surface area (Å²) in [4.78, 5) is 26.6. The van der Waals surface area contributed by atoms with Crippen LogP contribution >= 0.6 is 0 Å². The standard InChI is InChI=1S/C25H25NO7/c1-2-30-25(29)20-21(33-19-14-32-22-18(27)13-31-23(19)22)16-10-6-7-11-17(16)26(24(20)28)12-15-8-4-3-5-9-15/h3-11,18-19,22-23,27H,2,12-14H2,1H3/t18-,19?,22+,23+/m0/s1. The molecule has 33 heavy (non-hydrogen) atoms. The van der Waals surface area contributed by atoms with E-state index < -0.39 is 35.9 Å². The molecule has 1 N–H and O–H groups in total. The van der Waals surface area contributed by atoms with Gasteiger partial charge in [-0.2, -0.15) is 0 Å². The molecule has 0 aliphatic carbocycles. The molecule has 8 heteroatoms. The molecule has 5 rings (SSSR count). The maximum Gasteiger partial charge on any atom is 0.347 e. The van der Waals surface area contributed by atoms with E-state index in [9.17, 15) is 14.7 Å². The van der Waals surface area contributed by atoms with Gasteiger partial charge in [-0.15, -0.1) is 0 Å². The molecule has 172 valence electrons. The Labute approximate surface area is 190 Å². The molecule has 2 aliphatic heterocycles. The summed E-state index contributed by atoms with van der Waals surface area (Å²) in [5, 5.41) is 10.7. The van der Waals surface area contributed by atoms with Gasteiger partial charge in [-0.1, -0.05) is 42.5 Å². The van der Waals surface area contributed by atoms with Gasteiger partial charge in [0.1, 0.15) is 24.1 Å². The van der Waals surface area contributed by atoms with E-state index in [2.05, 4.69) is 0 Å². The van der Waals surface area contributed by atoms with E-state index in [0.717, 1.165) is 5.56 Å². The fourth-order valence-corrected chi connectivity index (χ4v) is 4.50. The van der Waals surface area contributed by atoms with E-state index in [0.29, 0.717) is 17.4 Å². The second-order valence-corrected chi connectivity index (χ2v) is 8.14. The van der Waals surface area contributed by atoms with E-state index in [1.165, 1.54) is 0 Å². The van der Waals surface area contributed by atoms with E-state index in [4.69, 9.17) is 18.9 Å². The lowest BCUT2D eigenvalue weighted by atomic mass is 10.1. The molecule has 2 aliphatic rings. The number of hydrogen-bond acceptors (Lipinski definition) is 7. The molecule has 0 amide bonds. The Kier molecular flexibility index (Phi) is 5.88. The first kappa shape index (κ1) is 21.6. The van der Waals surface area contributed by atoms with E-state index in [-0.39, 0.29) is 31.1 Å². The van der Waals surface area contributed by atoms with Gasteiger partial charge in [0.2, 0.25) is 0 Å². The number of carbonyl (C=O) groups excluding carboxylic acids is 1. The topological polar surface area (TPSA) is 96.2 Å². The van der Waals surface area contributed by atoms with Gasteiger partial charge in [0.25, 0.3) is 5.56 Å². The molecule has 0 spiro atoms. The summed E-state index contributed by atoms with van der Waals surface area (Å²) >= 11 is 0. The lowest BCUT2D eigenvalue weighted by Gasteiger charge is -2.22. The molecule has 1 unspecified atom stereocenters. The van der Waals surface area contributed by atoms with E-state index in [1.54, 1.807) is 11.5 Å². The maximum absolute atomic E-state index is 13.7. The number of nitrogens with zero attached hydrogens (tertiary/aromatic N) is 1. The number of benzene rings is 2. The first-order valence-electron chi connectivity index (χ1n) is 11.0. The van der Waals surface area contributed by atoms with Crippen LogP contribution in [0.15, 0.2) is 59.4 Å². The van der Waals surface area contributed by atoms with Crippen LogP contribution in [0.2, 0.25) is 0 Å². The number of pyridine rings is 1. The second-order valence-electron chi connectivity index (χ2n) is 8.14. The van der Waals surface area contributed by atoms with Crippen molar-refractivity contribution < 1.29 is 28.8 Å². The van der Waals surface area contributed by atoms with Gasteiger partial charge in [0, 0.05) is 5.39 Å². The van der Waals surface area contributed by atoms with Gasteiger partial charge in [0.05, 0.1) is 31.9 Å². The molecule has 0 saturated carbocycles. The molecule has 1 aromatic heterocycles. The van der Waals surface area contributed by atoms with Gasteiger partial charge < -0.3 is 28.6 Å². The fraction of sp³-hybridized carbons (Fsp3) is 0.360. The summed E-state index contributed by atoms with van der Waals surface area (Å²) in [5.74, 6) is -0.592. The zero-order valence-corrected chi connectivity index (χ0v) is 18.2. The molecule has 0 bridgehead atoms. The maximum atomic E-state index is 13.7. The van der Waals surface area contributed by atoms with Crippen LogP contribution in [0.1, 0.15) is 22.8 Å². The Morgan fingerprint density at radius 2 is 1.79 bits per heavy atom. The Balaban J connectivity index is 1.65. The quantitative estimate of drug-likeness (QED) is 0.574. The molecule has 3 aromatic rings. The molecule has 4 atom stereocenters. The number of aromatic nitrogens is 1. The lowest BCUT2D eigenvalue weighted by Crippen LogP contribution is -2.36. The summed E-state index contributed by atoms with van der Waals surface area (Å²) in [6, 6.07) is 16.9. The van der Waals surface area contributed by atoms with Crippen molar-refractivity contribution in [2.24, 2.45) is 0 Å². The minimum atomic E-state index is -0.743. The number of aliphatic hydroxyl groups excluding tert-OH is 1. The largest absolute Gasteiger partial charge is 0.483 e. The zero-order chi connectivity index (χ0) is 22.9. The molecule has 0 radical (unpaired) electrons. The van der Waals surface area contributed by atoms with Crippen LogP contribution in [0.4, 0.5) is 0 Å². The van der Waals surface area contributed by atoms with Crippen molar-refractivity contribution >= 4 is 16.9 Å². The Hall–Kier alpha value is -3.20. The van der Waals surface area contributed by atoms with Gasteiger partial charge in [-0.3, -0.25) is 4.79 Å². The van der Waals surface area contributed by atoms with Crippen LogP contribution in [0.25, 0.3) is 10.9 Å². The third kappa shape index (κ3) is 3.90. The van der Waals surface area contributed by atoms with Gasteiger partial charge in [-0.25, -0.2) is 4.79 Å². The molecular formula is C25H25NO7. The Morgan fingerprint density at radius 3 is 2.58 bits per heavy atom. The summed E-state index contributed by atoms with van der Waals surface area (Å²) in [6.45, 7) is 2.43. The lowest BCUT2D eigenvalue weighted by molar-refractivity contribution is 0.00847. The highest BCUT2D eigenvalue weighted by Gasteiger charge is 2.49. The second kappa shape index (κ2) is 8.97. The number of rotatable bonds is 6. The summed E-state index contributed by atoms with van der Waals surface area (Å²) in [5.41, 5.74) is 0.910. The summed E-state index contributed by atoms with van der Waals surface area (Å²) in [6.07, 6.45) is -2.29. The smallest absolute Gasteiger partial charge is 0.347 e. The summed E-state index contributed by atoms with van der Waals surface area (Å²) in [7, 11) is 0. The van der Waals surface area contributed by atoms with Gasteiger partial charge in [0.15, 0.2) is 11.7 Å². The predicted molar refractivity (Wildman–Crippen MR) is 120 cm³/mol. The highest BCUT2D eigenvalue weighted by Crippen LogP contribution is 2.34. The first-order chi connectivity index (χ1) is 16.1. The number of esters is 1. The van der Waals surface area contributed by atoms with Crippen LogP contribution < -0.4 is 10.3 Å². The normalized spacial score (nSPS) is 24.1.